The van der Waals surface area contributed by atoms with Crippen molar-refractivity contribution in [2.75, 3.05) is 6.54 Å². The first kappa shape index (κ1) is 11.5. The Morgan fingerprint density at radius 1 is 1.29 bits per heavy atom. The van der Waals surface area contributed by atoms with Gasteiger partial charge in [-0.05, 0) is 31.0 Å². The van der Waals surface area contributed by atoms with Gasteiger partial charge in [-0.2, -0.15) is 0 Å². The smallest absolute Gasteiger partial charge is 0.0438 e. The lowest BCUT2D eigenvalue weighted by Gasteiger charge is -2.16. The summed E-state index contributed by atoms with van der Waals surface area (Å²) in [6.07, 6.45) is 2.16. The second-order valence-electron chi connectivity index (χ2n) is 3.46. The van der Waals surface area contributed by atoms with E-state index in [0.717, 1.165) is 24.4 Å². The van der Waals surface area contributed by atoms with Crippen molar-refractivity contribution in [2.45, 2.75) is 32.7 Å². The minimum Gasteiger partial charge on any atom is -0.314 e. The fourth-order valence-corrected chi connectivity index (χ4v) is 1.79. The van der Waals surface area contributed by atoms with Crippen LogP contribution < -0.4 is 5.32 Å². The third-order valence-corrected chi connectivity index (χ3v) is 2.78. The van der Waals surface area contributed by atoms with Gasteiger partial charge in [-0.3, -0.25) is 0 Å². The highest BCUT2D eigenvalue weighted by Crippen LogP contribution is 2.17. The van der Waals surface area contributed by atoms with Gasteiger partial charge in [0.25, 0.3) is 0 Å². The van der Waals surface area contributed by atoms with Crippen molar-refractivity contribution >= 4 is 11.6 Å². The highest BCUT2D eigenvalue weighted by atomic mass is 35.5. The number of benzene rings is 1. The molecule has 78 valence electrons. The van der Waals surface area contributed by atoms with Crippen LogP contribution in [0.1, 0.15) is 25.8 Å². The van der Waals surface area contributed by atoms with Crippen molar-refractivity contribution < 1.29 is 0 Å². The number of halogens is 1. The summed E-state index contributed by atoms with van der Waals surface area (Å²) in [5.41, 5.74) is 1.24. The van der Waals surface area contributed by atoms with E-state index in [1.54, 1.807) is 0 Å². The second kappa shape index (κ2) is 6.05. The fourth-order valence-electron chi connectivity index (χ4n) is 1.58. The molecule has 0 bridgehead atoms. The van der Waals surface area contributed by atoms with Crippen molar-refractivity contribution in [3.63, 3.8) is 0 Å². The lowest BCUT2D eigenvalue weighted by atomic mass is 10.0. The molecule has 14 heavy (non-hydrogen) atoms. The van der Waals surface area contributed by atoms with Crippen molar-refractivity contribution in [1.29, 1.82) is 0 Å². The zero-order valence-electron chi connectivity index (χ0n) is 8.89. The lowest BCUT2D eigenvalue weighted by Crippen LogP contribution is -2.30. The third kappa shape index (κ3) is 3.32. The first-order chi connectivity index (χ1) is 6.77. The average molecular weight is 212 g/mol. The van der Waals surface area contributed by atoms with E-state index >= 15 is 0 Å². The molecule has 0 spiro atoms. The normalized spacial score (nSPS) is 12.8. The van der Waals surface area contributed by atoms with Gasteiger partial charge < -0.3 is 5.32 Å². The minimum absolute atomic E-state index is 0.542. The van der Waals surface area contributed by atoms with E-state index in [1.807, 2.05) is 18.2 Å². The molecular formula is C12H18ClN. The zero-order valence-corrected chi connectivity index (χ0v) is 9.64. The fraction of sp³-hybridized carbons (Fsp3) is 0.500. The molecule has 0 aliphatic rings. The molecule has 2 heteroatoms. The quantitative estimate of drug-likeness (QED) is 0.789. The van der Waals surface area contributed by atoms with Crippen LogP contribution in [0.3, 0.4) is 0 Å². The summed E-state index contributed by atoms with van der Waals surface area (Å²) in [5, 5.41) is 4.33. The molecule has 1 atom stereocenters. The third-order valence-electron chi connectivity index (χ3n) is 2.41. The monoisotopic (exact) mass is 211 g/mol. The summed E-state index contributed by atoms with van der Waals surface area (Å²) in [5.74, 6) is 0. The Morgan fingerprint density at radius 2 is 2.00 bits per heavy atom. The molecule has 1 N–H and O–H groups in total. The molecule has 0 aliphatic heterocycles. The zero-order chi connectivity index (χ0) is 10.4. The summed E-state index contributed by atoms with van der Waals surface area (Å²) in [7, 11) is 0. The molecule has 0 saturated carbocycles. The molecule has 0 heterocycles. The molecule has 0 amide bonds. The van der Waals surface area contributed by atoms with E-state index in [4.69, 9.17) is 11.6 Å². The van der Waals surface area contributed by atoms with Crippen LogP contribution in [0.4, 0.5) is 0 Å². The predicted octanol–water partition coefficient (Wildman–Crippen LogP) is 3.27. The van der Waals surface area contributed by atoms with Crippen LogP contribution in [0.2, 0.25) is 5.02 Å². The topological polar surface area (TPSA) is 12.0 Å². The molecule has 0 aliphatic carbocycles. The molecule has 0 aromatic heterocycles. The van der Waals surface area contributed by atoms with Crippen molar-refractivity contribution in [3.8, 4) is 0 Å². The molecule has 0 saturated heterocycles. The van der Waals surface area contributed by atoms with Crippen LogP contribution in [0.15, 0.2) is 24.3 Å². The standard InChI is InChI=1S/C12H18ClN/c1-3-11(14-4-2)9-10-7-5-6-8-12(10)13/h5-8,11,14H,3-4,9H2,1-2H3. The van der Waals surface area contributed by atoms with E-state index in [0.29, 0.717) is 6.04 Å². The molecule has 1 nitrogen and oxygen atoms in total. The molecule has 1 aromatic rings. The van der Waals surface area contributed by atoms with Gasteiger partial charge in [0.15, 0.2) is 0 Å². The maximum absolute atomic E-state index is 6.10. The van der Waals surface area contributed by atoms with Crippen LogP contribution >= 0.6 is 11.6 Å². The van der Waals surface area contributed by atoms with Gasteiger partial charge in [0.1, 0.15) is 0 Å². The van der Waals surface area contributed by atoms with Gasteiger partial charge in [-0.1, -0.05) is 43.6 Å². The number of nitrogens with one attached hydrogen (secondary N) is 1. The number of rotatable bonds is 5. The van der Waals surface area contributed by atoms with Gasteiger partial charge in [-0.25, -0.2) is 0 Å². The van der Waals surface area contributed by atoms with Crippen LogP contribution in [0.25, 0.3) is 0 Å². The van der Waals surface area contributed by atoms with Crippen LogP contribution in [-0.4, -0.2) is 12.6 Å². The summed E-state index contributed by atoms with van der Waals surface area (Å²) in [6, 6.07) is 8.61. The molecular weight excluding hydrogens is 194 g/mol. The Balaban J connectivity index is 2.62. The summed E-state index contributed by atoms with van der Waals surface area (Å²) in [4.78, 5) is 0. The predicted molar refractivity (Wildman–Crippen MR) is 62.9 cm³/mol. The van der Waals surface area contributed by atoms with Gasteiger partial charge in [0.05, 0.1) is 0 Å². The molecule has 1 rings (SSSR count). The summed E-state index contributed by atoms with van der Waals surface area (Å²) < 4.78 is 0. The first-order valence-corrected chi connectivity index (χ1v) is 5.62. The van der Waals surface area contributed by atoms with Crippen LogP contribution in [0, 0.1) is 0 Å². The van der Waals surface area contributed by atoms with Gasteiger partial charge in [0.2, 0.25) is 0 Å². The maximum atomic E-state index is 6.10. The van der Waals surface area contributed by atoms with Crippen molar-refractivity contribution in [2.24, 2.45) is 0 Å². The largest absolute Gasteiger partial charge is 0.314 e. The Bertz CT molecular complexity index is 273. The Labute approximate surface area is 91.5 Å². The average Bonchev–Trinajstić information content (AvgIpc) is 2.20. The molecule has 0 radical (unpaired) electrons. The van der Waals surface area contributed by atoms with Gasteiger partial charge in [0, 0.05) is 11.1 Å². The van der Waals surface area contributed by atoms with E-state index in [1.165, 1.54) is 5.56 Å². The Kier molecular flexibility index (Phi) is 4.99. The van der Waals surface area contributed by atoms with Gasteiger partial charge in [-0.15, -0.1) is 0 Å². The number of likely N-dealkylation sites (N-methyl/N-ethyl adjacent to an activating group) is 1. The van der Waals surface area contributed by atoms with E-state index in [-0.39, 0.29) is 0 Å². The van der Waals surface area contributed by atoms with Crippen molar-refractivity contribution in [1.82, 2.24) is 5.32 Å². The number of hydrogen-bond donors (Lipinski definition) is 1. The highest BCUT2D eigenvalue weighted by molar-refractivity contribution is 6.31. The first-order valence-electron chi connectivity index (χ1n) is 5.24. The number of hydrogen-bond acceptors (Lipinski definition) is 1. The summed E-state index contributed by atoms with van der Waals surface area (Å²) >= 11 is 6.10. The van der Waals surface area contributed by atoms with Crippen LogP contribution in [0.5, 0.6) is 0 Å². The minimum atomic E-state index is 0.542. The van der Waals surface area contributed by atoms with Gasteiger partial charge >= 0.3 is 0 Å². The molecule has 0 fully saturated rings. The molecule has 1 unspecified atom stereocenters. The highest BCUT2D eigenvalue weighted by Gasteiger charge is 2.07. The SMILES string of the molecule is CCNC(CC)Cc1ccccc1Cl. The van der Waals surface area contributed by atoms with Crippen molar-refractivity contribution in [3.05, 3.63) is 34.9 Å². The maximum Gasteiger partial charge on any atom is 0.0438 e. The second-order valence-corrected chi connectivity index (χ2v) is 3.87. The Morgan fingerprint density at radius 3 is 2.57 bits per heavy atom. The van der Waals surface area contributed by atoms with E-state index in [2.05, 4.69) is 25.2 Å². The van der Waals surface area contributed by atoms with Crippen LogP contribution in [-0.2, 0) is 6.42 Å². The molecule has 1 aromatic carbocycles. The Hall–Kier alpha value is -0.530. The lowest BCUT2D eigenvalue weighted by molar-refractivity contribution is 0.510. The van der Waals surface area contributed by atoms with E-state index in [9.17, 15) is 0 Å². The van der Waals surface area contributed by atoms with E-state index < -0.39 is 0 Å². The summed E-state index contributed by atoms with van der Waals surface area (Å²) in [6.45, 7) is 5.35.